The number of halogens is 1. The summed E-state index contributed by atoms with van der Waals surface area (Å²) in [5, 5.41) is 0.683. The molecular weight excluding hydrogens is 360 g/mol. The largest absolute Gasteiger partial charge is 0.297 e. The van der Waals surface area contributed by atoms with Crippen molar-refractivity contribution in [3.63, 3.8) is 0 Å². The van der Waals surface area contributed by atoms with Crippen molar-refractivity contribution in [1.29, 1.82) is 0 Å². The van der Waals surface area contributed by atoms with Gasteiger partial charge in [0, 0.05) is 15.5 Å². The van der Waals surface area contributed by atoms with Gasteiger partial charge in [0.1, 0.15) is 0 Å². The molecule has 0 radical (unpaired) electrons. The predicted molar refractivity (Wildman–Crippen MR) is 86.6 cm³/mol. The SMILES string of the molecule is O=S(=O)(OCCSC1CCCCC1)c1ccc(Br)cc1. The van der Waals surface area contributed by atoms with E-state index in [1.165, 1.54) is 32.1 Å². The zero-order valence-electron chi connectivity index (χ0n) is 11.3. The van der Waals surface area contributed by atoms with Crippen molar-refractivity contribution >= 4 is 37.8 Å². The van der Waals surface area contributed by atoms with Crippen molar-refractivity contribution in [2.24, 2.45) is 0 Å². The minimum absolute atomic E-state index is 0.211. The Hall–Kier alpha value is -0.0400. The molecule has 0 saturated heterocycles. The summed E-state index contributed by atoms with van der Waals surface area (Å²) >= 11 is 5.12. The van der Waals surface area contributed by atoms with Crippen LogP contribution in [0.5, 0.6) is 0 Å². The molecule has 0 N–H and O–H groups in total. The molecule has 1 aromatic carbocycles. The topological polar surface area (TPSA) is 43.4 Å². The Morgan fingerprint density at radius 3 is 2.45 bits per heavy atom. The quantitative estimate of drug-likeness (QED) is 0.548. The lowest BCUT2D eigenvalue weighted by atomic mass is 10.0. The Morgan fingerprint density at radius 2 is 1.80 bits per heavy atom. The van der Waals surface area contributed by atoms with Gasteiger partial charge in [0.25, 0.3) is 10.1 Å². The third-order valence-electron chi connectivity index (χ3n) is 3.33. The highest BCUT2D eigenvalue weighted by Gasteiger charge is 2.16. The van der Waals surface area contributed by atoms with E-state index in [-0.39, 0.29) is 11.5 Å². The lowest BCUT2D eigenvalue weighted by molar-refractivity contribution is 0.341. The molecule has 6 heteroatoms. The van der Waals surface area contributed by atoms with Crippen LogP contribution in [0.15, 0.2) is 33.6 Å². The van der Waals surface area contributed by atoms with Gasteiger partial charge in [0.2, 0.25) is 0 Å². The summed E-state index contributed by atoms with van der Waals surface area (Å²) in [6.45, 7) is 0.250. The van der Waals surface area contributed by atoms with Gasteiger partial charge in [-0.25, -0.2) is 0 Å². The maximum Gasteiger partial charge on any atom is 0.297 e. The molecule has 0 heterocycles. The fourth-order valence-corrected chi connectivity index (χ4v) is 4.72. The highest BCUT2D eigenvalue weighted by molar-refractivity contribution is 9.10. The Morgan fingerprint density at radius 1 is 1.15 bits per heavy atom. The number of hydrogen-bond acceptors (Lipinski definition) is 4. The predicted octanol–water partition coefficient (Wildman–Crippen LogP) is 4.22. The van der Waals surface area contributed by atoms with Gasteiger partial charge < -0.3 is 0 Å². The summed E-state index contributed by atoms with van der Waals surface area (Å²) in [6, 6.07) is 6.50. The van der Waals surface area contributed by atoms with Crippen LogP contribution >= 0.6 is 27.7 Å². The van der Waals surface area contributed by atoms with Crippen LogP contribution in [0.4, 0.5) is 0 Å². The second-order valence-corrected chi connectivity index (χ2v) is 8.80. The van der Waals surface area contributed by atoms with E-state index in [4.69, 9.17) is 4.18 Å². The van der Waals surface area contributed by atoms with Crippen molar-refractivity contribution in [3.05, 3.63) is 28.7 Å². The fraction of sp³-hybridized carbons (Fsp3) is 0.571. The van der Waals surface area contributed by atoms with Crippen LogP contribution in [0.1, 0.15) is 32.1 Å². The maximum atomic E-state index is 11.9. The molecule has 0 unspecified atom stereocenters. The monoisotopic (exact) mass is 378 g/mol. The average Bonchev–Trinajstić information content (AvgIpc) is 2.45. The van der Waals surface area contributed by atoms with E-state index < -0.39 is 10.1 Å². The van der Waals surface area contributed by atoms with Crippen molar-refractivity contribution < 1.29 is 12.6 Å². The summed E-state index contributed by atoms with van der Waals surface area (Å²) in [5.41, 5.74) is 0. The van der Waals surface area contributed by atoms with E-state index in [9.17, 15) is 8.42 Å². The standard InChI is InChI=1S/C14H19BrO3S2/c15-12-6-8-14(9-7-12)20(16,17)18-10-11-19-13-4-2-1-3-5-13/h6-9,13H,1-5,10-11H2. The van der Waals surface area contributed by atoms with Gasteiger partial charge in [-0.1, -0.05) is 35.2 Å². The Labute approximate surface area is 133 Å². The molecule has 3 nitrogen and oxygen atoms in total. The number of benzene rings is 1. The number of hydrogen-bond donors (Lipinski definition) is 0. The molecule has 0 atom stereocenters. The first-order chi connectivity index (χ1) is 9.58. The molecule has 1 aromatic rings. The van der Waals surface area contributed by atoms with Crippen LogP contribution in [0.2, 0.25) is 0 Å². The van der Waals surface area contributed by atoms with Crippen LogP contribution < -0.4 is 0 Å². The first kappa shape index (κ1) is 16.3. The molecular formula is C14H19BrO3S2. The molecule has 0 aliphatic heterocycles. The van der Waals surface area contributed by atoms with Crippen LogP contribution in [-0.4, -0.2) is 26.0 Å². The molecule has 0 amide bonds. The summed E-state index contributed by atoms with van der Waals surface area (Å²) < 4.78 is 29.8. The Kier molecular flexibility index (Phi) is 6.39. The van der Waals surface area contributed by atoms with Crippen molar-refractivity contribution in [2.75, 3.05) is 12.4 Å². The molecule has 2 rings (SSSR count). The van der Waals surface area contributed by atoms with Crippen LogP contribution in [0, 0.1) is 0 Å². The van der Waals surface area contributed by atoms with Gasteiger partial charge in [0.05, 0.1) is 11.5 Å². The van der Waals surface area contributed by atoms with Gasteiger partial charge in [-0.15, -0.1) is 0 Å². The zero-order valence-corrected chi connectivity index (χ0v) is 14.5. The summed E-state index contributed by atoms with van der Waals surface area (Å²) in [5.74, 6) is 0.737. The fourth-order valence-electron chi connectivity index (χ4n) is 2.26. The van der Waals surface area contributed by atoms with E-state index in [2.05, 4.69) is 15.9 Å². The van der Waals surface area contributed by atoms with Crippen LogP contribution in [0.3, 0.4) is 0 Å². The molecule has 1 saturated carbocycles. The van der Waals surface area contributed by atoms with Crippen molar-refractivity contribution in [2.45, 2.75) is 42.2 Å². The first-order valence-electron chi connectivity index (χ1n) is 6.84. The molecule has 0 aromatic heterocycles. The Balaban J connectivity index is 1.76. The van der Waals surface area contributed by atoms with Crippen molar-refractivity contribution in [1.82, 2.24) is 0 Å². The second-order valence-electron chi connectivity index (χ2n) is 4.86. The molecule has 0 spiro atoms. The molecule has 20 heavy (non-hydrogen) atoms. The van der Waals surface area contributed by atoms with E-state index in [1.807, 2.05) is 11.8 Å². The Bertz CT molecular complexity index is 508. The second kappa shape index (κ2) is 7.82. The molecule has 1 aliphatic rings. The smallest absolute Gasteiger partial charge is 0.266 e. The molecule has 1 fully saturated rings. The first-order valence-corrected chi connectivity index (χ1v) is 10.1. The van der Waals surface area contributed by atoms with Crippen LogP contribution in [0.25, 0.3) is 0 Å². The summed E-state index contributed by atoms with van der Waals surface area (Å²) in [6.07, 6.45) is 6.45. The highest BCUT2D eigenvalue weighted by atomic mass is 79.9. The molecule has 1 aliphatic carbocycles. The molecule has 0 bridgehead atoms. The lowest BCUT2D eigenvalue weighted by Gasteiger charge is -2.20. The summed E-state index contributed by atoms with van der Waals surface area (Å²) in [7, 11) is -3.61. The van der Waals surface area contributed by atoms with Gasteiger partial charge in [0.15, 0.2) is 0 Å². The van der Waals surface area contributed by atoms with E-state index >= 15 is 0 Å². The number of thioether (sulfide) groups is 1. The maximum absolute atomic E-state index is 11.9. The van der Waals surface area contributed by atoms with E-state index in [0.717, 1.165) is 10.2 Å². The number of rotatable bonds is 6. The van der Waals surface area contributed by atoms with Gasteiger partial charge in [-0.05, 0) is 37.1 Å². The average molecular weight is 379 g/mol. The highest BCUT2D eigenvalue weighted by Crippen LogP contribution is 2.28. The third kappa shape index (κ3) is 5.06. The van der Waals surface area contributed by atoms with Crippen molar-refractivity contribution in [3.8, 4) is 0 Å². The van der Waals surface area contributed by atoms with Gasteiger partial charge >= 0.3 is 0 Å². The summed E-state index contributed by atoms with van der Waals surface area (Å²) in [4.78, 5) is 0.211. The minimum Gasteiger partial charge on any atom is -0.266 e. The van der Waals surface area contributed by atoms with Crippen LogP contribution in [-0.2, 0) is 14.3 Å². The van der Waals surface area contributed by atoms with E-state index in [1.54, 1.807) is 24.3 Å². The van der Waals surface area contributed by atoms with Gasteiger partial charge in [-0.2, -0.15) is 20.2 Å². The minimum atomic E-state index is -3.61. The van der Waals surface area contributed by atoms with E-state index in [0.29, 0.717) is 5.25 Å². The third-order valence-corrected chi connectivity index (χ3v) is 6.53. The zero-order chi connectivity index (χ0) is 14.4. The molecule has 112 valence electrons. The normalized spacial score (nSPS) is 17.2. The van der Waals surface area contributed by atoms with Gasteiger partial charge in [-0.3, -0.25) is 4.18 Å². The lowest BCUT2D eigenvalue weighted by Crippen LogP contribution is -2.13.